The zero-order chi connectivity index (χ0) is 20.0. The van der Waals surface area contributed by atoms with Gasteiger partial charge in [0, 0.05) is 6.04 Å². The van der Waals surface area contributed by atoms with Gasteiger partial charge in [-0.2, -0.15) is 0 Å². The van der Waals surface area contributed by atoms with E-state index in [0.29, 0.717) is 17.0 Å². The summed E-state index contributed by atoms with van der Waals surface area (Å²) in [5, 5.41) is 5.73. The van der Waals surface area contributed by atoms with Crippen LogP contribution in [0.1, 0.15) is 48.7 Å². The molecule has 2 amide bonds. The number of rotatable bonds is 7. The summed E-state index contributed by atoms with van der Waals surface area (Å²) in [6.45, 7) is 9.60. The van der Waals surface area contributed by atoms with Gasteiger partial charge in [0.1, 0.15) is 5.75 Å². The molecule has 144 valence electrons. The summed E-state index contributed by atoms with van der Waals surface area (Å²) in [4.78, 5) is 25.0. The van der Waals surface area contributed by atoms with Crippen molar-refractivity contribution in [2.45, 2.75) is 53.2 Å². The van der Waals surface area contributed by atoms with Gasteiger partial charge in [-0.1, -0.05) is 25.1 Å². The van der Waals surface area contributed by atoms with Crippen molar-refractivity contribution in [3.63, 3.8) is 0 Å². The molecule has 0 radical (unpaired) electrons. The summed E-state index contributed by atoms with van der Waals surface area (Å²) in [7, 11) is 0. The van der Waals surface area contributed by atoms with E-state index in [2.05, 4.69) is 10.6 Å². The molecular weight excluding hydrogens is 340 g/mol. The van der Waals surface area contributed by atoms with Crippen LogP contribution < -0.4 is 15.4 Å². The number of hydrogen-bond donors (Lipinski definition) is 2. The van der Waals surface area contributed by atoms with Crippen LogP contribution in [0, 0.1) is 13.8 Å². The highest BCUT2D eigenvalue weighted by Gasteiger charge is 2.19. The summed E-state index contributed by atoms with van der Waals surface area (Å²) < 4.78 is 5.78. The Bertz CT molecular complexity index is 797. The van der Waals surface area contributed by atoms with E-state index < -0.39 is 6.10 Å². The van der Waals surface area contributed by atoms with Gasteiger partial charge in [-0.3, -0.25) is 9.59 Å². The molecule has 0 saturated heterocycles. The average Bonchev–Trinajstić information content (AvgIpc) is 2.60. The number of nitrogens with one attached hydrogen (secondary N) is 2. The second-order valence-electron chi connectivity index (χ2n) is 6.90. The second-order valence-corrected chi connectivity index (χ2v) is 6.90. The van der Waals surface area contributed by atoms with E-state index in [1.807, 2.05) is 45.9 Å². The van der Waals surface area contributed by atoms with Gasteiger partial charge < -0.3 is 15.4 Å². The number of anilines is 1. The van der Waals surface area contributed by atoms with E-state index >= 15 is 0 Å². The van der Waals surface area contributed by atoms with Crippen LogP contribution in [0.25, 0.3) is 0 Å². The zero-order valence-corrected chi connectivity index (χ0v) is 16.6. The molecule has 0 unspecified atom stereocenters. The molecule has 2 N–H and O–H groups in total. The quantitative estimate of drug-likeness (QED) is 0.768. The Morgan fingerprint density at radius 2 is 1.67 bits per heavy atom. The monoisotopic (exact) mass is 368 g/mol. The van der Waals surface area contributed by atoms with Crippen molar-refractivity contribution < 1.29 is 14.3 Å². The van der Waals surface area contributed by atoms with Gasteiger partial charge >= 0.3 is 0 Å². The summed E-state index contributed by atoms with van der Waals surface area (Å²) in [6.07, 6.45) is 0.137. The van der Waals surface area contributed by atoms with Gasteiger partial charge in [-0.25, -0.2) is 0 Å². The molecule has 0 aliphatic rings. The molecule has 27 heavy (non-hydrogen) atoms. The van der Waals surface area contributed by atoms with Crippen molar-refractivity contribution in [3.8, 4) is 5.75 Å². The largest absolute Gasteiger partial charge is 0.481 e. The normalized spacial score (nSPS) is 12.8. The minimum Gasteiger partial charge on any atom is -0.481 e. The third-order valence-corrected chi connectivity index (χ3v) is 4.30. The number of hydrogen-bond acceptors (Lipinski definition) is 3. The minimum atomic E-state index is -0.697. The van der Waals surface area contributed by atoms with Gasteiger partial charge in [0.05, 0.1) is 11.3 Å². The molecule has 5 heteroatoms. The van der Waals surface area contributed by atoms with Crippen molar-refractivity contribution in [2.75, 3.05) is 5.32 Å². The summed E-state index contributed by atoms with van der Waals surface area (Å²) in [6, 6.07) is 12.9. The molecule has 2 atom stereocenters. The smallest absolute Gasteiger partial charge is 0.265 e. The fourth-order valence-electron chi connectivity index (χ4n) is 2.69. The van der Waals surface area contributed by atoms with E-state index in [4.69, 9.17) is 4.74 Å². The van der Waals surface area contributed by atoms with Crippen molar-refractivity contribution in [1.29, 1.82) is 0 Å². The summed E-state index contributed by atoms with van der Waals surface area (Å²) in [5.74, 6) is 0.138. The lowest BCUT2D eigenvalue weighted by atomic mass is 10.1. The third-order valence-electron chi connectivity index (χ3n) is 4.30. The predicted octanol–water partition coefficient (Wildman–Crippen LogP) is 4.24. The first-order chi connectivity index (χ1) is 12.8. The number of para-hydroxylation sites is 1. The Balaban J connectivity index is 2.09. The van der Waals surface area contributed by atoms with Crippen LogP contribution in [0.2, 0.25) is 0 Å². The highest BCUT2D eigenvalue weighted by Crippen LogP contribution is 2.19. The number of amides is 2. The minimum absolute atomic E-state index is 0.0630. The Labute approximate surface area is 161 Å². The second kappa shape index (κ2) is 9.21. The SMILES string of the molecule is CC[C@H](C)NC(=O)c1ccccc1NC(=O)[C@H](C)Oc1cc(C)cc(C)c1. The number of benzene rings is 2. The molecule has 0 aromatic heterocycles. The lowest BCUT2D eigenvalue weighted by Gasteiger charge is -2.18. The van der Waals surface area contributed by atoms with E-state index in [9.17, 15) is 9.59 Å². The van der Waals surface area contributed by atoms with Gasteiger partial charge in [0.2, 0.25) is 0 Å². The molecule has 2 aromatic carbocycles. The van der Waals surface area contributed by atoms with Crippen molar-refractivity contribution in [2.24, 2.45) is 0 Å². The molecule has 2 rings (SSSR count). The first kappa shape index (κ1) is 20.5. The average molecular weight is 368 g/mol. The van der Waals surface area contributed by atoms with Crippen LogP contribution in [-0.2, 0) is 4.79 Å². The maximum Gasteiger partial charge on any atom is 0.265 e. The van der Waals surface area contributed by atoms with Crippen LogP contribution in [0.4, 0.5) is 5.69 Å². The Hall–Kier alpha value is -2.82. The Morgan fingerprint density at radius 3 is 2.30 bits per heavy atom. The van der Waals surface area contributed by atoms with Crippen LogP contribution in [-0.4, -0.2) is 24.0 Å². The van der Waals surface area contributed by atoms with E-state index in [1.54, 1.807) is 31.2 Å². The third kappa shape index (κ3) is 5.84. The van der Waals surface area contributed by atoms with Crippen LogP contribution >= 0.6 is 0 Å². The maximum atomic E-state index is 12.6. The molecule has 5 nitrogen and oxygen atoms in total. The van der Waals surface area contributed by atoms with Crippen LogP contribution in [0.15, 0.2) is 42.5 Å². The number of carbonyl (C=O) groups is 2. The zero-order valence-electron chi connectivity index (χ0n) is 16.6. The van der Waals surface area contributed by atoms with Gasteiger partial charge in [0.15, 0.2) is 6.10 Å². The van der Waals surface area contributed by atoms with E-state index in [-0.39, 0.29) is 17.9 Å². The Kier molecular flexibility index (Phi) is 6.99. The summed E-state index contributed by atoms with van der Waals surface area (Å²) in [5.41, 5.74) is 3.05. The molecule has 0 aliphatic carbocycles. The molecule has 0 heterocycles. The van der Waals surface area contributed by atoms with Crippen LogP contribution in [0.5, 0.6) is 5.75 Å². The first-order valence-corrected chi connectivity index (χ1v) is 9.25. The molecule has 0 fully saturated rings. The standard InChI is InChI=1S/C22H28N2O3/c1-6-16(4)23-22(26)19-9-7-8-10-20(19)24-21(25)17(5)27-18-12-14(2)11-15(3)13-18/h7-13,16-17H,6H2,1-5H3,(H,23,26)(H,24,25)/t16-,17-/m0/s1. The van der Waals surface area contributed by atoms with Crippen LogP contribution in [0.3, 0.4) is 0 Å². The van der Waals surface area contributed by atoms with Gasteiger partial charge in [0.25, 0.3) is 11.8 Å². The van der Waals surface area contributed by atoms with Gasteiger partial charge in [-0.05, 0) is 69.5 Å². The van der Waals surface area contributed by atoms with E-state index in [1.165, 1.54) is 0 Å². The van der Waals surface area contributed by atoms with Crippen molar-refractivity contribution in [1.82, 2.24) is 5.32 Å². The van der Waals surface area contributed by atoms with Gasteiger partial charge in [-0.15, -0.1) is 0 Å². The molecule has 2 aromatic rings. The molecular formula is C22H28N2O3. The molecule has 0 spiro atoms. The molecule has 0 saturated carbocycles. The predicted molar refractivity (Wildman–Crippen MR) is 108 cm³/mol. The highest BCUT2D eigenvalue weighted by atomic mass is 16.5. The summed E-state index contributed by atoms with van der Waals surface area (Å²) >= 11 is 0. The first-order valence-electron chi connectivity index (χ1n) is 9.25. The maximum absolute atomic E-state index is 12.6. The topological polar surface area (TPSA) is 67.4 Å². The van der Waals surface area contributed by atoms with Crippen molar-refractivity contribution >= 4 is 17.5 Å². The molecule has 0 aliphatic heterocycles. The molecule has 0 bridgehead atoms. The Morgan fingerprint density at radius 1 is 1.04 bits per heavy atom. The lowest BCUT2D eigenvalue weighted by molar-refractivity contribution is -0.122. The lowest BCUT2D eigenvalue weighted by Crippen LogP contribution is -2.34. The fourth-order valence-corrected chi connectivity index (χ4v) is 2.69. The fraction of sp³-hybridized carbons (Fsp3) is 0.364. The number of ether oxygens (including phenoxy) is 1. The van der Waals surface area contributed by atoms with Crippen molar-refractivity contribution in [3.05, 3.63) is 59.2 Å². The number of aryl methyl sites for hydroxylation is 2. The number of carbonyl (C=O) groups excluding carboxylic acids is 2. The highest BCUT2D eigenvalue weighted by molar-refractivity contribution is 6.04. The van der Waals surface area contributed by atoms with E-state index in [0.717, 1.165) is 17.5 Å².